The smallest absolute Gasteiger partial charge is 0.234 e. The second-order valence-corrected chi connectivity index (χ2v) is 7.95. The fraction of sp³-hybridized carbons (Fsp3) is 0.348. The van der Waals surface area contributed by atoms with Crippen LogP contribution >= 0.6 is 11.8 Å². The molecule has 0 aliphatic rings. The van der Waals surface area contributed by atoms with Crippen molar-refractivity contribution in [2.75, 3.05) is 24.8 Å². The van der Waals surface area contributed by atoms with Crippen LogP contribution in [0.3, 0.4) is 0 Å². The number of nitrogens with zero attached hydrogens (tertiary/aromatic N) is 3. The molecule has 3 rings (SSSR count). The minimum absolute atomic E-state index is 0.0464. The molecule has 0 spiro atoms. The highest BCUT2D eigenvalue weighted by molar-refractivity contribution is 7.99. The lowest BCUT2D eigenvalue weighted by atomic mass is 10.1. The van der Waals surface area contributed by atoms with Crippen molar-refractivity contribution >= 4 is 23.4 Å². The maximum absolute atomic E-state index is 12.6. The molecule has 0 saturated heterocycles. The first-order chi connectivity index (χ1) is 14.6. The molecule has 0 radical (unpaired) electrons. The molecule has 0 fully saturated rings. The van der Waals surface area contributed by atoms with E-state index in [1.165, 1.54) is 17.3 Å². The molecule has 3 aromatic rings. The highest BCUT2D eigenvalue weighted by Gasteiger charge is 2.15. The Morgan fingerprint density at radius 2 is 1.93 bits per heavy atom. The second kappa shape index (κ2) is 10.9. The van der Waals surface area contributed by atoms with E-state index in [4.69, 9.17) is 4.74 Å². The SMILES string of the molecule is CCc1cccc(C)c1NC(=O)CSc1nnc(Cc2ccccc2)n1CCOC. The van der Waals surface area contributed by atoms with Crippen molar-refractivity contribution in [2.24, 2.45) is 0 Å². The minimum atomic E-state index is -0.0464. The van der Waals surface area contributed by atoms with Crippen molar-refractivity contribution in [2.45, 2.75) is 38.4 Å². The van der Waals surface area contributed by atoms with Crippen molar-refractivity contribution in [3.05, 3.63) is 71.0 Å². The highest BCUT2D eigenvalue weighted by atomic mass is 32.2. The normalized spacial score (nSPS) is 10.9. The topological polar surface area (TPSA) is 69.0 Å². The molecule has 0 saturated carbocycles. The number of nitrogens with one attached hydrogen (secondary N) is 1. The third-order valence-electron chi connectivity index (χ3n) is 4.85. The van der Waals surface area contributed by atoms with E-state index in [0.29, 0.717) is 19.6 Å². The van der Waals surface area contributed by atoms with Crippen LogP contribution in [-0.2, 0) is 28.9 Å². The summed E-state index contributed by atoms with van der Waals surface area (Å²) < 4.78 is 7.30. The maximum atomic E-state index is 12.6. The van der Waals surface area contributed by atoms with Gasteiger partial charge in [-0.1, -0.05) is 67.2 Å². The van der Waals surface area contributed by atoms with Crippen molar-refractivity contribution < 1.29 is 9.53 Å². The van der Waals surface area contributed by atoms with Crippen LogP contribution in [0.15, 0.2) is 53.7 Å². The first-order valence-electron chi connectivity index (χ1n) is 10.1. The van der Waals surface area contributed by atoms with Crippen LogP contribution in [0, 0.1) is 6.92 Å². The van der Waals surface area contributed by atoms with E-state index in [-0.39, 0.29) is 11.7 Å². The number of hydrogen-bond donors (Lipinski definition) is 1. The lowest BCUT2D eigenvalue weighted by Crippen LogP contribution is -2.17. The number of amides is 1. The molecule has 0 bridgehead atoms. The second-order valence-electron chi connectivity index (χ2n) is 7.01. The summed E-state index contributed by atoms with van der Waals surface area (Å²) in [6, 6.07) is 16.3. The Kier molecular flexibility index (Phi) is 8.04. The van der Waals surface area contributed by atoms with E-state index in [9.17, 15) is 4.79 Å². The molecular formula is C23H28N4O2S. The van der Waals surface area contributed by atoms with E-state index in [1.54, 1.807) is 7.11 Å². The number of ether oxygens (including phenoxy) is 1. The molecule has 0 aliphatic carbocycles. The van der Waals surface area contributed by atoms with Gasteiger partial charge < -0.3 is 14.6 Å². The lowest BCUT2D eigenvalue weighted by Gasteiger charge is -2.13. The Morgan fingerprint density at radius 3 is 2.67 bits per heavy atom. The fourth-order valence-corrected chi connectivity index (χ4v) is 4.03. The zero-order valence-electron chi connectivity index (χ0n) is 17.7. The Hall–Kier alpha value is -2.64. The van der Waals surface area contributed by atoms with Gasteiger partial charge in [-0.3, -0.25) is 4.79 Å². The number of benzene rings is 2. The number of thioether (sulfide) groups is 1. The van der Waals surface area contributed by atoms with Gasteiger partial charge in [0.25, 0.3) is 0 Å². The van der Waals surface area contributed by atoms with Crippen molar-refractivity contribution in [1.29, 1.82) is 0 Å². The summed E-state index contributed by atoms with van der Waals surface area (Å²) in [6.45, 7) is 5.31. The molecule has 0 unspecified atom stereocenters. The highest BCUT2D eigenvalue weighted by Crippen LogP contribution is 2.23. The minimum Gasteiger partial charge on any atom is -0.383 e. The summed E-state index contributed by atoms with van der Waals surface area (Å²) in [7, 11) is 1.68. The number of carbonyl (C=O) groups excluding carboxylic acids is 1. The van der Waals surface area contributed by atoms with Crippen LogP contribution in [-0.4, -0.2) is 40.1 Å². The maximum Gasteiger partial charge on any atom is 0.234 e. The zero-order chi connectivity index (χ0) is 21.3. The third-order valence-corrected chi connectivity index (χ3v) is 5.82. The summed E-state index contributed by atoms with van der Waals surface area (Å²) in [5, 5.41) is 12.5. The molecule has 0 aliphatic heterocycles. The van der Waals surface area contributed by atoms with Gasteiger partial charge in [0.05, 0.1) is 12.4 Å². The van der Waals surface area contributed by atoms with Gasteiger partial charge in [-0.2, -0.15) is 0 Å². The molecule has 1 N–H and O–H groups in total. The predicted octanol–water partition coefficient (Wildman–Crippen LogP) is 4.12. The first-order valence-corrected chi connectivity index (χ1v) is 11.1. The molecular weight excluding hydrogens is 396 g/mol. The number of anilines is 1. The molecule has 1 heterocycles. The van der Waals surface area contributed by atoms with Crippen LogP contribution in [0.25, 0.3) is 0 Å². The largest absolute Gasteiger partial charge is 0.383 e. The van der Waals surface area contributed by atoms with Gasteiger partial charge >= 0.3 is 0 Å². The number of methoxy groups -OCH3 is 1. The summed E-state index contributed by atoms with van der Waals surface area (Å²) in [5.74, 6) is 1.09. The number of carbonyl (C=O) groups is 1. The number of aryl methyl sites for hydroxylation is 2. The summed E-state index contributed by atoms with van der Waals surface area (Å²) in [6.07, 6.45) is 1.56. The average Bonchev–Trinajstić information content (AvgIpc) is 3.14. The van der Waals surface area contributed by atoms with Crippen LogP contribution in [0.1, 0.15) is 29.4 Å². The average molecular weight is 425 g/mol. The van der Waals surface area contributed by atoms with Crippen molar-refractivity contribution in [1.82, 2.24) is 14.8 Å². The molecule has 1 aromatic heterocycles. The number of para-hydroxylation sites is 1. The van der Waals surface area contributed by atoms with Crippen LogP contribution in [0.2, 0.25) is 0 Å². The Bertz CT molecular complexity index is 973. The van der Waals surface area contributed by atoms with E-state index in [2.05, 4.69) is 34.6 Å². The van der Waals surface area contributed by atoms with Gasteiger partial charge in [0, 0.05) is 25.8 Å². The van der Waals surface area contributed by atoms with Gasteiger partial charge in [0.15, 0.2) is 5.16 Å². The fourth-order valence-electron chi connectivity index (χ4n) is 3.25. The molecule has 158 valence electrons. The predicted molar refractivity (Wildman–Crippen MR) is 121 cm³/mol. The van der Waals surface area contributed by atoms with E-state index >= 15 is 0 Å². The van der Waals surface area contributed by atoms with Crippen molar-refractivity contribution in [3.63, 3.8) is 0 Å². The summed E-state index contributed by atoms with van der Waals surface area (Å²) in [4.78, 5) is 12.6. The summed E-state index contributed by atoms with van der Waals surface area (Å²) >= 11 is 1.40. The Morgan fingerprint density at radius 1 is 1.13 bits per heavy atom. The van der Waals surface area contributed by atoms with E-state index in [1.807, 2.05) is 47.9 Å². The molecule has 7 heteroatoms. The van der Waals surface area contributed by atoms with Gasteiger partial charge in [0.1, 0.15) is 5.82 Å². The Balaban J connectivity index is 1.69. The third kappa shape index (κ3) is 5.70. The molecule has 6 nitrogen and oxygen atoms in total. The van der Waals surface area contributed by atoms with Crippen LogP contribution < -0.4 is 5.32 Å². The quantitative estimate of drug-likeness (QED) is 0.496. The number of hydrogen-bond acceptors (Lipinski definition) is 5. The monoisotopic (exact) mass is 424 g/mol. The first kappa shape index (κ1) is 22.1. The lowest BCUT2D eigenvalue weighted by molar-refractivity contribution is -0.113. The van der Waals surface area contributed by atoms with Crippen LogP contribution in [0.4, 0.5) is 5.69 Å². The summed E-state index contributed by atoms with van der Waals surface area (Å²) in [5.41, 5.74) is 4.29. The van der Waals surface area contributed by atoms with E-state index in [0.717, 1.165) is 34.2 Å². The standard InChI is InChI=1S/C23H28N4O2S/c1-4-19-12-8-9-17(2)22(19)24-21(28)16-30-23-26-25-20(27(23)13-14-29-3)15-18-10-6-5-7-11-18/h5-12H,4,13-16H2,1-3H3,(H,24,28). The van der Waals surface area contributed by atoms with Gasteiger partial charge in [0.2, 0.25) is 5.91 Å². The molecule has 1 amide bonds. The number of aromatic nitrogens is 3. The van der Waals surface area contributed by atoms with Crippen LogP contribution in [0.5, 0.6) is 0 Å². The van der Waals surface area contributed by atoms with Gasteiger partial charge in [-0.25, -0.2) is 0 Å². The zero-order valence-corrected chi connectivity index (χ0v) is 18.5. The Labute approximate surface area is 182 Å². The van der Waals surface area contributed by atoms with E-state index < -0.39 is 0 Å². The number of rotatable bonds is 10. The van der Waals surface area contributed by atoms with Gasteiger partial charge in [-0.15, -0.1) is 10.2 Å². The molecule has 30 heavy (non-hydrogen) atoms. The van der Waals surface area contributed by atoms with Gasteiger partial charge in [-0.05, 0) is 30.0 Å². The van der Waals surface area contributed by atoms with Crippen molar-refractivity contribution in [3.8, 4) is 0 Å². The molecule has 0 atom stereocenters. The molecule has 2 aromatic carbocycles.